The Morgan fingerprint density at radius 3 is 2.76 bits per heavy atom. The standard InChI is InChI=1S/C17H25BrO3/c1-3-12-6-5-7-14(8-12)21-17-15(18)9-13(11-19)10-16(17)20-4-2/h9-10,12,14,19H,3-8,11H2,1-2H3. The SMILES string of the molecule is CCOc1cc(CO)cc(Br)c1OC1CCCC(CC)C1. The van der Waals surface area contributed by atoms with Crippen LogP contribution in [0.3, 0.4) is 0 Å². The van der Waals surface area contributed by atoms with Crippen molar-refractivity contribution in [2.45, 2.75) is 58.7 Å². The molecule has 2 unspecified atom stereocenters. The maximum absolute atomic E-state index is 9.32. The summed E-state index contributed by atoms with van der Waals surface area (Å²) >= 11 is 3.55. The Balaban J connectivity index is 2.17. The molecule has 0 saturated heterocycles. The lowest BCUT2D eigenvalue weighted by Gasteiger charge is -2.30. The molecule has 0 aromatic heterocycles. The third-order valence-electron chi connectivity index (χ3n) is 4.15. The van der Waals surface area contributed by atoms with E-state index in [0.29, 0.717) is 6.61 Å². The second-order valence-corrected chi connectivity index (χ2v) is 6.53. The van der Waals surface area contributed by atoms with E-state index >= 15 is 0 Å². The predicted octanol–water partition coefficient (Wildman–Crippen LogP) is 4.69. The Bertz CT molecular complexity index is 462. The molecule has 0 radical (unpaired) electrons. The number of aliphatic hydroxyl groups excluding tert-OH is 1. The van der Waals surface area contributed by atoms with Crippen LogP contribution in [0.25, 0.3) is 0 Å². The van der Waals surface area contributed by atoms with Crippen molar-refractivity contribution in [1.82, 2.24) is 0 Å². The van der Waals surface area contributed by atoms with Gasteiger partial charge in [0.05, 0.1) is 23.8 Å². The summed E-state index contributed by atoms with van der Waals surface area (Å²) in [5, 5.41) is 9.32. The van der Waals surface area contributed by atoms with Gasteiger partial charge in [0.25, 0.3) is 0 Å². The van der Waals surface area contributed by atoms with Crippen molar-refractivity contribution < 1.29 is 14.6 Å². The molecule has 1 aromatic carbocycles. The van der Waals surface area contributed by atoms with Gasteiger partial charge in [-0.3, -0.25) is 0 Å². The van der Waals surface area contributed by atoms with Crippen LogP contribution in [0.2, 0.25) is 0 Å². The van der Waals surface area contributed by atoms with Crippen molar-refractivity contribution in [3.05, 3.63) is 22.2 Å². The molecule has 1 fully saturated rings. The van der Waals surface area contributed by atoms with Gasteiger partial charge in [0.1, 0.15) is 0 Å². The Kier molecular flexibility index (Phi) is 6.37. The monoisotopic (exact) mass is 356 g/mol. The lowest BCUT2D eigenvalue weighted by Crippen LogP contribution is -2.25. The van der Waals surface area contributed by atoms with Crippen LogP contribution in [-0.4, -0.2) is 17.8 Å². The van der Waals surface area contributed by atoms with Gasteiger partial charge < -0.3 is 14.6 Å². The van der Waals surface area contributed by atoms with Gasteiger partial charge in [-0.25, -0.2) is 0 Å². The number of halogens is 1. The van der Waals surface area contributed by atoms with Crippen molar-refractivity contribution >= 4 is 15.9 Å². The quantitative estimate of drug-likeness (QED) is 0.803. The van der Waals surface area contributed by atoms with Gasteiger partial charge in [0.15, 0.2) is 11.5 Å². The summed E-state index contributed by atoms with van der Waals surface area (Å²) in [6.45, 7) is 4.79. The van der Waals surface area contributed by atoms with E-state index in [0.717, 1.165) is 40.3 Å². The Hall–Kier alpha value is -0.740. The predicted molar refractivity (Wildman–Crippen MR) is 87.9 cm³/mol. The number of aliphatic hydroxyl groups is 1. The molecule has 21 heavy (non-hydrogen) atoms. The summed E-state index contributed by atoms with van der Waals surface area (Å²) in [6, 6.07) is 3.77. The fourth-order valence-corrected chi connectivity index (χ4v) is 3.56. The first-order valence-electron chi connectivity index (χ1n) is 7.90. The Morgan fingerprint density at radius 1 is 1.29 bits per heavy atom. The van der Waals surface area contributed by atoms with Crippen LogP contribution in [0.1, 0.15) is 51.5 Å². The van der Waals surface area contributed by atoms with Crippen molar-refractivity contribution in [3.8, 4) is 11.5 Å². The molecule has 0 aliphatic heterocycles. The van der Waals surface area contributed by atoms with Crippen LogP contribution in [0, 0.1) is 5.92 Å². The first-order valence-corrected chi connectivity index (χ1v) is 8.69. The first-order chi connectivity index (χ1) is 10.2. The lowest BCUT2D eigenvalue weighted by atomic mass is 9.85. The van der Waals surface area contributed by atoms with E-state index in [9.17, 15) is 5.11 Å². The molecule has 0 amide bonds. The molecule has 2 rings (SSSR count). The molecule has 1 saturated carbocycles. The molecule has 118 valence electrons. The Morgan fingerprint density at radius 2 is 2.10 bits per heavy atom. The van der Waals surface area contributed by atoms with E-state index in [1.807, 2.05) is 19.1 Å². The zero-order valence-corrected chi connectivity index (χ0v) is 14.5. The van der Waals surface area contributed by atoms with E-state index in [2.05, 4.69) is 22.9 Å². The molecule has 0 bridgehead atoms. The zero-order valence-electron chi connectivity index (χ0n) is 12.9. The van der Waals surface area contributed by atoms with Crippen LogP contribution in [0.5, 0.6) is 11.5 Å². The number of rotatable bonds is 6. The molecular formula is C17H25BrO3. The molecule has 1 N–H and O–H groups in total. The summed E-state index contributed by atoms with van der Waals surface area (Å²) in [5.74, 6) is 2.26. The van der Waals surface area contributed by atoms with Crippen molar-refractivity contribution in [2.75, 3.05) is 6.61 Å². The third-order valence-corrected chi connectivity index (χ3v) is 4.74. The molecule has 1 aliphatic carbocycles. The highest BCUT2D eigenvalue weighted by atomic mass is 79.9. The van der Waals surface area contributed by atoms with Crippen LogP contribution in [0.4, 0.5) is 0 Å². The van der Waals surface area contributed by atoms with Gasteiger partial charge in [-0.1, -0.05) is 19.8 Å². The Labute approximate surface area is 135 Å². The summed E-state index contributed by atoms with van der Waals surface area (Å²) in [7, 11) is 0. The van der Waals surface area contributed by atoms with Crippen molar-refractivity contribution in [2.24, 2.45) is 5.92 Å². The van der Waals surface area contributed by atoms with Gasteiger partial charge >= 0.3 is 0 Å². The topological polar surface area (TPSA) is 38.7 Å². The third kappa shape index (κ3) is 4.36. The minimum Gasteiger partial charge on any atom is -0.490 e. The second kappa shape index (κ2) is 8.04. The van der Waals surface area contributed by atoms with Gasteiger partial charge in [0, 0.05) is 0 Å². The molecule has 1 aliphatic rings. The molecule has 1 aromatic rings. The van der Waals surface area contributed by atoms with Crippen LogP contribution in [0.15, 0.2) is 16.6 Å². The van der Waals surface area contributed by atoms with Gasteiger partial charge in [-0.15, -0.1) is 0 Å². The lowest BCUT2D eigenvalue weighted by molar-refractivity contribution is 0.116. The fourth-order valence-electron chi connectivity index (χ4n) is 2.98. The minimum atomic E-state index is 0.000289. The highest BCUT2D eigenvalue weighted by molar-refractivity contribution is 9.10. The highest BCUT2D eigenvalue weighted by Gasteiger charge is 2.24. The van der Waals surface area contributed by atoms with E-state index in [1.54, 1.807) is 0 Å². The largest absolute Gasteiger partial charge is 0.490 e. The molecule has 0 spiro atoms. The summed E-state index contributed by atoms with van der Waals surface area (Å²) in [5.41, 5.74) is 0.827. The molecule has 0 heterocycles. The van der Waals surface area contributed by atoms with E-state index < -0.39 is 0 Å². The minimum absolute atomic E-state index is 0.000289. The van der Waals surface area contributed by atoms with Gasteiger partial charge in [-0.05, 0) is 65.7 Å². The van der Waals surface area contributed by atoms with Gasteiger partial charge in [0.2, 0.25) is 0 Å². The fraction of sp³-hybridized carbons (Fsp3) is 0.647. The zero-order chi connectivity index (χ0) is 15.2. The maximum Gasteiger partial charge on any atom is 0.175 e. The highest BCUT2D eigenvalue weighted by Crippen LogP contribution is 2.40. The van der Waals surface area contributed by atoms with Crippen LogP contribution in [-0.2, 0) is 6.61 Å². The molecule has 4 heteroatoms. The smallest absolute Gasteiger partial charge is 0.175 e. The first kappa shape index (κ1) is 16.6. The normalized spacial score (nSPS) is 22.1. The van der Waals surface area contributed by atoms with Gasteiger partial charge in [-0.2, -0.15) is 0 Å². The molecular weight excluding hydrogens is 332 g/mol. The molecule has 2 atom stereocenters. The number of hydrogen-bond donors (Lipinski definition) is 1. The number of ether oxygens (including phenoxy) is 2. The summed E-state index contributed by atoms with van der Waals surface area (Å²) in [6.07, 6.45) is 6.27. The van der Waals surface area contributed by atoms with E-state index in [-0.39, 0.29) is 12.7 Å². The number of benzene rings is 1. The summed E-state index contributed by atoms with van der Waals surface area (Å²) < 4.78 is 12.8. The van der Waals surface area contributed by atoms with Crippen LogP contribution >= 0.6 is 15.9 Å². The molecule has 3 nitrogen and oxygen atoms in total. The average molecular weight is 357 g/mol. The van der Waals surface area contributed by atoms with Crippen molar-refractivity contribution in [3.63, 3.8) is 0 Å². The van der Waals surface area contributed by atoms with E-state index in [1.165, 1.54) is 19.3 Å². The van der Waals surface area contributed by atoms with E-state index in [4.69, 9.17) is 9.47 Å². The number of hydrogen-bond acceptors (Lipinski definition) is 3. The second-order valence-electron chi connectivity index (χ2n) is 5.68. The van der Waals surface area contributed by atoms with Crippen molar-refractivity contribution in [1.29, 1.82) is 0 Å². The average Bonchev–Trinajstić information content (AvgIpc) is 2.50. The summed E-state index contributed by atoms with van der Waals surface area (Å²) in [4.78, 5) is 0. The van der Waals surface area contributed by atoms with Crippen LogP contribution < -0.4 is 9.47 Å². The maximum atomic E-state index is 9.32.